The number of amides is 1. The lowest BCUT2D eigenvalue weighted by Crippen LogP contribution is -2.53. The molecule has 1 heterocycles. The topological polar surface area (TPSA) is 147 Å². The molecule has 0 saturated heterocycles. The van der Waals surface area contributed by atoms with Gasteiger partial charge in [-0.3, -0.25) is 14.6 Å². The smallest absolute Gasteiger partial charge is 0.329 e. The van der Waals surface area contributed by atoms with Gasteiger partial charge in [-0.2, -0.15) is 0 Å². The molecule has 3 aromatic carbocycles. The molecule has 10 nitrogen and oxygen atoms in total. The lowest BCUT2D eigenvalue weighted by molar-refractivity contribution is -0.144. The monoisotopic (exact) mass is 835 g/mol. The van der Waals surface area contributed by atoms with Gasteiger partial charge in [0.2, 0.25) is 5.91 Å². The van der Waals surface area contributed by atoms with Gasteiger partial charge in [-0.25, -0.2) is 4.79 Å². The predicted octanol–water partition coefficient (Wildman–Crippen LogP) is 9.56. The summed E-state index contributed by atoms with van der Waals surface area (Å²) in [5.41, 5.74) is 5.19. The molecular weight excluding hydrogens is 778 g/mol. The van der Waals surface area contributed by atoms with Crippen molar-refractivity contribution in [2.45, 2.75) is 120 Å². The summed E-state index contributed by atoms with van der Waals surface area (Å²) in [6, 6.07) is 24.6. The number of benzene rings is 3. The highest BCUT2D eigenvalue weighted by Gasteiger charge is 2.54. The normalized spacial score (nSPS) is 22.9. The summed E-state index contributed by atoms with van der Waals surface area (Å²) < 4.78 is 12.9. The van der Waals surface area contributed by atoms with Crippen molar-refractivity contribution in [3.8, 4) is 11.5 Å². The zero-order valence-corrected chi connectivity index (χ0v) is 35.5. The van der Waals surface area contributed by atoms with Gasteiger partial charge in [0.1, 0.15) is 17.0 Å². The number of ether oxygens (including phenoxy) is 2. The molecule has 3 aliphatic carbocycles. The van der Waals surface area contributed by atoms with Crippen LogP contribution >= 0.6 is 11.6 Å². The molecule has 60 heavy (non-hydrogen) atoms. The van der Waals surface area contributed by atoms with Gasteiger partial charge in [0.15, 0.2) is 0 Å². The van der Waals surface area contributed by atoms with Crippen LogP contribution in [0.4, 0.5) is 5.69 Å². The Morgan fingerprint density at radius 2 is 1.77 bits per heavy atom. The van der Waals surface area contributed by atoms with E-state index in [0.29, 0.717) is 68.4 Å². The third kappa shape index (κ3) is 10.1. The zero-order valence-electron chi connectivity index (χ0n) is 34.8. The number of halogens is 1. The number of aliphatic carboxylic acids is 2. The highest BCUT2D eigenvalue weighted by molar-refractivity contribution is 6.30. The molecule has 318 valence electrons. The summed E-state index contributed by atoms with van der Waals surface area (Å²) in [5.74, 6) is 0.608. The Balaban J connectivity index is 1.04. The van der Waals surface area contributed by atoms with Crippen LogP contribution in [0.2, 0.25) is 5.02 Å². The zero-order chi connectivity index (χ0) is 42.3. The van der Waals surface area contributed by atoms with E-state index in [-0.39, 0.29) is 36.0 Å². The molecule has 11 heteroatoms. The van der Waals surface area contributed by atoms with E-state index < -0.39 is 23.5 Å². The van der Waals surface area contributed by atoms with Crippen molar-refractivity contribution in [2.24, 2.45) is 11.8 Å². The van der Waals surface area contributed by atoms with Gasteiger partial charge in [-0.15, -0.1) is 0 Å². The van der Waals surface area contributed by atoms with Gasteiger partial charge in [-0.1, -0.05) is 67.9 Å². The highest BCUT2D eigenvalue weighted by Crippen LogP contribution is 2.57. The molecule has 4 N–H and O–H groups in total. The molecule has 0 aliphatic heterocycles. The summed E-state index contributed by atoms with van der Waals surface area (Å²) in [6.45, 7) is 5.43. The van der Waals surface area contributed by atoms with Crippen LogP contribution in [-0.2, 0) is 39.1 Å². The van der Waals surface area contributed by atoms with Crippen LogP contribution in [0, 0.1) is 11.8 Å². The molecular formula is C49H58ClN3O7. The van der Waals surface area contributed by atoms with Crippen molar-refractivity contribution >= 4 is 35.1 Å². The molecule has 1 spiro atoms. The number of fused-ring (bicyclic) bond motifs is 3. The molecule has 7 rings (SSSR count). The Morgan fingerprint density at radius 1 is 0.967 bits per heavy atom. The van der Waals surface area contributed by atoms with Gasteiger partial charge in [0.05, 0.1) is 19.6 Å². The summed E-state index contributed by atoms with van der Waals surface area (Å²) >= 11 is 6.30. The van der Waals surface area contributed by atoms with Crippen LogP contribution < -0.4 is 20.1 Å². The van der Waals surface area contributed by atoms with E-state index in [1.165, 1.54) is 16.7 Å². The summed E-state index contributed by atoms with van der Waals surface area (Å²) in [6.07, 6.45) is 10.2. The Kier molecular flexibility index (Phi) is 13.7. The number of rotatable bonds is 18. The average Bonchev–Trinajstić information content (AvgIpc) is 3.50. The molecule has 1 fully saturated rings. The van der Waals surface area contributed by atoms with E-state index in [1.807, 2.05) is 60.8 Å². The van der Waals surface area contributed by atoms with Gasteiger partial charge in [0, 0.05) is 40.6 Å². The van der Waals surface area contributed by atoms with Crippen molar-refractivity contribution in [1.29, 1.82) is 0 Å². The second-order valence-corrected chi connectivity index (χ2v) is 18.0. The second kappa shape index (κ2) is 19.1. The number of nitrogens with zero attached hydrogens (tertiary/aromatic N) is 1. The van der Waals surface area contributed by atoms with Gasteiger partial charge < -0.3 is 30.3 Å². The minimum absolute atomic E-state index is 0.156. The summed E-state index contributed by atoms with van der Waals surface area (Å²) in [4.78, 5) is 42.2. The van der Waals surface area contributed by atoms with E-state index in [0.717, 1.165) is 54.9 Å². The van der Waals surface area contributed by atoms with Crippen molar-refractivity contribution < 1.29 is 34.1 Å². The standard InChI is InChI=1S/C49H58ClN3O7/c1-32(31-60-43-18-23-51-42-14-6-9-33(2)46(42)43)25-36-27-35-16-17-40(59-24-8-15-44(54)52-39(29-45(55)56)26-34-10-4-3-5-11-34)30-41(35)48(36)19-21-49(22-20-48,47(57)58)53-38-13-7-12-37(50)28-38/h3-5,7,10-13,16-18,23,28,30,32-33,36,39,53H,6,8-9,14-15,19-22,24-27,29,31H2,1-2H3,(H,52,54)(H,55,56)(H,57,58)/t32-,33-,36?,39?,48?,49?/m1/s1. The Labute approximate surface area is 358 Å². The Hall–Kier alpha value is -5.09. The van der Waals surface area contributed by atoms with Crippen LogP contribution in [0.3, 0.4) is 0 Å². The van der Waals surface area contributed by atoms with Crippen LogP contribution in [0.1, 0.15) is 112 Å². The predicted molar refractivity (Wildman–Crippen MR) is 233 cm³/mol. The minimum atomic E-state index is -1.13. The number of carbonyl (C=O) groups excluding carboxylic acids is 1. The van der Waals surface area contributed by atoms with Gasteiger partial charge in [0.25, 0.3) is 0 Å². The maximum absolute atomic E-state index is 13.1. The number of carboxylic acid groups (broad SMARTS) is 2. The van der Waals surface area contributed by atoms with Crippen molar-refractivity contribution in [1.82, 2.24) is 10.3 Å². The first kappa shape index (κ1) is 43.0. The van der Waals surface area contributed by atoms with E-state index >= 15 is 0 Å². The quantitative estimate of drug-likeness (QED) is 0.0720. The van der Waals surface area contributed by atoms with Crippen molar-refractivity contribution in [2.75, 3.05) is 18.5 Å². The van der Waals surface area contributed by atoms with Gasteiger partial charge in [-0.05, 0) is 147 Å². The fourth-order valence-corrected chi connectivity index (χ4v) is 10.4. The van der Waals surface area contributed by atoms with E-state index in [4.69, 9.17) is 21.1 Å². The highest BCUT2D eigenvalue weighted by atomic mass is 35.5. The van der Waals surface area contributed by atoms with Crippen molar-refractivity contribution in [3.05, 3.63) is 118 Å². The van der Waals surface area contributed by atoms with Crippen LogP contribution in [0.15, 0.2) is 85.1 Å². The maximum Gasteiger partial charge on any atom is 0.329 e. The number of carboxylic acids is 2. The molecule has 1 saturated carbocycles. The van der Waals surface area contributed by atoms with Crippen LogP contribution in [0.5, 0.6) is 11.5 Å². The number of anilines is 1. The lowest BCUT2D eigenvalue weighted by atomic mass is 9.59. The fourth-order valence-electron chi connectivity index (χ4n) is 10.2. The third-order valence-corrected chi connectivity index (χ3v) is 13.4. The number of carbonyl (C=O) groups is 3. The molecule has 1 amide bonds. The first-order valence-corrected chi connectivity index (χ1v) is 22.0. The maximum atomic E-state index is 13.1. The number of aromatic nitrogens is 1. The molecule has 4 atom stereocenters. The number of aryl methyl sites for hydroxylation is 1. The first-order chi connectivity index (χ1) is 28.9. The number of nitrogens with one attached hydrogen (secondary N) is 2. The lowest BCUT2D eigenvalue weighted by Gasteiger charge is -2.47. The van der Waals surface area contributed by atoms with Crippen molar-refractivity contribution in [3.63, 3.8) is 0 Å². The van der Waals surface area contributed by atoms with E-state index in [2.05, 4.69) is 41.6 Å². The van der Waals surface area contributed by atoms with Crippen LogP contribution in [-0.4, -0.2) is 57.8 Å². The second-order valence-electron chi connectivity index (χ2n) is 17.5. The molecule has 0 bridgehead atoms. The first-order valence-electron chi connectivity index (χ1n) is 21.6. The molecule has 3 aliphatic rings. The third-order valence-electron chi connectivity index (χ3n) is 13.2. The fraction of sp³-hybridized carbons (Fsp3) is 0.469. The summed E-state index contributed by atoms with van der Waals surface area (Å²) in [5, 5.41) is 27.0. The Bertz CT molecular complexity index is 2140. The van der Waals surface area contributed by atoms with Gasteiger partial charge >= 0.3 is 11.9 Å². The Morgan fingerprint density at radius 3 is 2.52 bits per heavy atom. The molecule has 4 aromatic rings. The molecule has 0 radical (unpaired) electrons. The number of hydrogen-bond acceptors (Lipinski definition) is 7. The molecule has 2 unspecified atom stereocenters. The average molecular weight is 836 g/mol. The largest absolute Gasteiger partial charge is 0.494 e. The minimum Gasteiger partial charge on any atom is -0.494 e. The SMILES string of the molecule is C[C@@H](COc1ccnc2c1[C@H](C)CCC2)CC1Cc2ccc(OCCCC(=O)NC(CC(=O)O)Cc3ccccc3)cc2C12CCC(Nc1cccc(Cl)c1)(C(=O)O)CC2. The van der Waals surface area contributed by atoms with E-state index in [1.54, 1.807) is 12.1 Å². The summed E-state index contributed by atoms with van der Waals surface area (Å²) in [7, 11) is 0. The van der Waals surface area contributed by atoms with E-state index in [9.17, 15) is 24.6 Å². The number of hydrogen-bond donors (Lipinski definition) is 4. The number of pyridine rings is 1. The molecule has 1 aromatic heterocycles. The van der Waals surface area contributed by atoms with Crippen LogP contribution in [0.25, 0.3) is 0 Å².